The molecule has 2 nitrogen and oxygen atoms in total. The molecule has 0 aromatic heterocycles. The zero-order valence-corrected chi connectivity index (χ0v) is 9.93. The molecule has 0 atom stereocenters. The van der Waals surface area contributed by atoms with Gasteiger partial charge in [-0.15, -0.1) is 0 Å². The predicted molar refractivity (Wildman–Crippen MR) is 74.4 cm³/mol. The van der Waals surface area contributed by atoms with E-state index in [9.17, 15) is 5.11 Å². The van der Waals surface area contributed by atoms with Gasteiger partial charge in [-0.2, -0.15) is 0 Å². The number of phenols is 1. The number of aliphatic imine (C=N–C) groups is 1. The molecule has 0 bridgehead atoms. The Morgan fingerprint density at radius 2 is 1.72 bits per heavy atom. The average molecular weight is 235 g/mol. The van der Waals surface area contributed by atoms with Crippen LogP contribution in [-0.4, -0.2) is 10.8 Å². The summed E-state index contributed by atoms with van der Waals surface area (Å²) in [5.41, 5.74) is 5.24. The Hall–Kier alpha value is -2.35. The summed E-state index contributed by atoms with van der Waals surface area (Å²) in [6.45, 7) is 4.11. The highest BCUT2D eigenvalue weighted by Gasteiger charge is 2.18. The van der Waals surface area contributed by atoms with Crippen molar-refractivity contribution in [3.8, 4) is 5.75 Å². The second kappa shape index (κ2) is 4.15. The van der Waals surface area contributed by atoms with Crippen molar-refractivity contribution in [1.29, 1.82) is 0 Å². The lowest BCUT2D eigenvalue weighted by molar-refractivity contribution is 0.475. The van der Waals surface area contributed by atoms with Crippen LogP contribution in [-0.2, 0) is 6.42 Å². The maximum Gasteiger partial charge on any atom is 0.115 e. The number of allylic oxidation sites excluding steroid dienone is 1. The summed E-state index contributed by atoms with van der Waals surface area (Å²) in [7, 11) is 0. The van der Waals surface area contributed by atoms with Crippen molar-refractivity contribution in [3.63, 3.8) is 0 Å². The molecule has 88 valence electrons. The molecule has 0 spiro atoms. The first-order valence-electron chi connectivity index (χ1n) is 5.88. The van der Waals surface area contributed by atoms with Gasteiger partial charge >= 0.3 is 0 Å². The lowest BCUT2D eigenvalue weighted by atomic mass is 10.00. The van der Waals surface area contributed by atoms with Crippen molar-refractivity contribution in [1.82, 2.24) is 0 Å². The van der Waals surface area contributed by atoms with E-state index >= 15 is 0 Å². The van der Waals surface area contributed by atoms with Gasteiger partial charge in [0.2, 0.25) is 0 Å². The molecule has 3 rings (SSSR count). The van der Waals surface area contributed by atoms with Crippen LogP contribution in [0.1, 0.15) is 11.1 Å². The number of para-hydroxylation sites is 1. The molecule has 0 fully saturated rings. The molecular weight excluding hydrogens is 222 g/mol. The fraction of sp³-hybridized carbons (Fsp3) is 0.0625. The smallest absolute Gasteiger partial charge is 0.115 e. The van der Waals surface area contributed by atoms with Crippen molar-refractivity contribution in [2.75, 3.05) is 0 Å². The van der Waals surface area contributed by atoms with Crippen LogP contribution in [0.3, 0.4) is 0 Å². The fourth-order valence-corrected chi connectivity index (χ4v) is 2.15. The number of benzene rings is 2. The molecule has 0 saturated heterocycles. The van der Waals surface area contributed by atoms with Crippen molar-refractivity contribution in [2.24, 2.45) is 4.99 Å². The second-order valence-electron chi connectivity index (χ2n) is 4.40. The van der Waals surface area contributed by atoms with Gasteiger partial charge in [0.25, 0.3) is 0 Å². The number of nitrogens with zero attached hydrogens (tertiary/aromatic N) is 1. The molecule has 2 aromatic carbocycles. The summed E-state index contributed by atoms with van der Waals surface area (Å²) in [5, 5.41) is 9.26. The van der Waals surface area contributed by atoms with Gasteiger partial charge in [0.05, 0.1) is 11.4 Å². The van der Waals surface area contributed by atoms with Gasteiger partial charge in [-0.25, -0.2) is 0 Å². The summed E-state index contributed by atoms with van der Waals surface area (Å²) >= 11 is 0. The Bertz CT molecular complexity index is 638. The normalized spacial score (nSPS) is 13.3. The summed E-state index contributed by atoms with van der Waals surface area (Å²) in [4.78, 5) is 4.60. The number of fused-ring (bicyclic) bond motifs is 1. The number of rotatable bonds is 2. The highest BCUT2D eigenvalue weighted by molar-refractivity contribution is 6.28. The van der Waals surface area contributed by atoms with E-state index in [2.05, 4.69) is 11.6 Å². The Labute approximate surface area is 106 Å². The number of aromatic hydroxyl groups is 1. The number of phenolic OH excluding ortho intramolecular Hbond substituents is 1. The van der Waals surface area contributed by atoms with Crippen molar-refractivity contribution in [2.45, 2.75) is 6.42 Å². The molecular formula is C16H13NO. The van der Waals surface area contributed by atoms with Crippen LogP contribution >= 0.6 is 0 Å². The lowest BCUT2D eigenvalue weighted by Crippen LogP contribution is -2.00. The van der Waals surface area contributed by atoms with Crippen LogP contribution < -0.4 is 0 Å². The van der Waals surface area contributed by atoms with Gasteiger partial charge in [-0.3, -0.25) is 4.99 Å². The molecule has 2 aromatic rings. The number of hydrogen-bond acceptors (Lipinski definition) is 2. The summed E-state index contributed by atoms with van der Waals surface area (Å²) < 4.78 is 0. The third kappa shape index (κ3) is 1.82. The van der Waals surface area contributed by atoms with Gasteiger partial charge in [-0.1, -0.05) is 36.9 Å². The van der Waals surface area contributed by atoms with Gasteiger partial charge in [0, 0.05) is 12.0 Å². The Morgan fingerprint density at radius 3 is 2.44 bits per heavy atom. The lowest BCUT2D eigenvalue weighted by Gasteiger charge is -2.03. The van der Waals surface area contributed by atoms with Gasteiger partial charge in [-0.05, 0) is 29.3 Å². The third-order valence-electron chi connectivity index (χ3n) is 3.14. The maximum atomic E-state index is 9.26. The summed E-state index contributed by atoms with van der Waals surface area (Å²) in [6, 6.07) is 15.3. The topological polar surface area (TPSA) is 32.6 Å². The van der Waals surface area contributed by atoms with Crippen molar-refractivity contribution in [3.05, 3.63) is 66.2 Å². The van der Waals surface area contributed by atoms with Crippen LogP contribution in [0, 0.1) is 0 Å². The van der Waals surface area contributed by atoms with E-state index in [0.29, 0.717) is 0 Å². The molecule has 0 saturated carbocycles. The first-order valence-corrected chi connectivity index (χ1v) is 5.88. The molecule has 1 heterocycles. The largest absolute Gasteiger partial charge is 0.508 e. The Kier molecular flexibility index (Phi) is 2.49. The fourth-order valence-electron chi connectivity index (χ4n) is 2.15. The standard InChI is InChI=1S/C16H13NO/c1-11-14-4-2-3-5-15(14)17-16(11)10-12-6-8-13(18)9-7-12/h2-9,18H,1,10H2. The number of hydrogen-bond donors (Lipinski definition) is 1. The predicted octanol–water partition coefficient (Wildman–Crippen LogP) is 3.73. The van der Waals surface area contributed by atoms with Crippen LogP contribution in [0.5, 0.6) is 5.75 Å². The molecule has 0 amide bonds. The molecule has 0 aliphatic carbocycles. The minimum Gasteiger partial charge on any atom is -0.508 e. The van der Waals surface area contributed by atoms with Crippen molar-refractivity contribution < 1.29 is 5.11 Å². The summed E-state index contributed by atoms with van der Waals surface area (Å²) in [6.07, 6.45) is 0.744. The quantitative estimate of drug-likeness (QED) is 0.845. The Morgan fingerprint density at radius 1 is 1.00 bits per heavy atom. The zero-order chi connectivity index (χ0) is 12.5. The van der Waals surface area contributed by atoms with Gasteiger partial charge < -0.3 is 5.11 Å². The van der Waals surface area contributed by atoms with Crippen LogP contribution in [0.4, 0.5) is 5.69 Å². The zero-order valence-electron chi connectivity index (χ0n) is 9.93. The van der Waals surface area contributed by atoms with E-state index < -0.39 is 0 Å². The highest BCUT2D eigenvalue weighted by Crippen LogP contribution is 2.34. The Balaban J connectivity index is 1.88. The first kappa shape index (κ1) is 10.8. The van der Waals surface area contributed by atoms with Crippen LogP contribution in [0.2, 0.25) is 0 Å². The minimum absolute atomic E-state index is 0.286. The summed E-state index contributed by atoms with van der Waals surface area (Å²) in [5.74, 6) is 0.286. The van der Waals surface area contributed by atoms with E-state index in [1.165, 1.54) is 0 Å². The SMILES string of the molecule is C=C1C(Cc2ccc(O)cc2)=Nc2ccccc21. The molecule has 2 heteroatoms. The molecule has 0 unspecified atom stereocenters. The van der Waals surface area contributed by atoms with Crippen LogP contribution in [0.15, 0.2) is 60.1 Å². The van der Waals surface area contributed by atoms with Gasteiger partial charge in [0.1, 0.15) is 5.75 Å². The van der Waals surface area contributed by atoms with E-state index in [-0.39, 0.29) is 5.75 Å². The molecule has 18 heavy (non-hydrogen) atoms. The van der Waals surface area contributed by atoms with E-state index in [1.807, 2.05) is 36.4 Å². The maximum absolute atomic E-state index is 9.26. The molecule has 1 aliphatic rings. The minimum atomic E-state index is 0.286. The average Bonchev–Trinajstić information content (AvgIpc) is 2.70. The van der Waals surface area contributed by atoms with Gasteiger partial charge in [0.15, 0.2) is 0 Å². The van der Waals surface area contributed by atoms with E-state index in [0.717, 1.165) is 34.5 Å². The molecule has 0 radical (unpaired) electrons. The second-order valence-corrected chi connectivity index (χ2v) is 4.40. The third-order valence-corrected chi connectivity index (χ3v) is 3.14. The monoisotopic (exact) mass is 235 g/mol. The van der Waals surface area contributed by atoms with E-state index in [1.54, 1.807) is 12.1 Å². The first-order chi connectivity index (χ1) is 8.74. The van der Waals surface area contributed by atoms with Crippen molar-refractivity contribution >= 4 is 17.0 Å². The molecule has 1 aliphatic heterocycles. The highest BCUT2D eigenvalue weighted by atomic mass is 16.3. The van der Waals surface area contributed by atoms with Crippen LogP contribution in [0.25, 0.3) is 5.57 Å². The van der Waals surface area contributed by atoms with E-state index in [4.69, 9.17) is 0 Å². The molecule has 1 N–H and O–H groups in total.